The molecule has 1 atom stereocenters. The number of ether oxygens (including phenoxy) is 1. The maximum absolute atomic E-state index is 5.42. The maximum atomic E-state index is 5.42. The van der Waals surface area contributed by atoms with Gasteiger partial charge in [-0.15, -0.1) is 0 Å². The Bertz CT molecular complexity index is 528. The quantitative estimate of drug-likeness (QED) is 0.892. The van der Waals surface area contributed by atoms with Gasteiger partial charge in [0.1, 0.15) is 12.1 Å². The van der Waals surface area contributed by atoms with Crippen molar-refractivity contribution in [3.63, 3.8) is 0 Å². The standard InChI is InChI=1S/C15H19N3O/c1-11-4-5-15(19-3)12(8-11)9-14(16-2)13-6-7-17-10-18-13/h4-8,10,14,16H,9H2,1-3H3. The average molecular weight is 257 g/mol. The highest BCUT2D eigenvalue weighted by Gasteiger charge is 2.14. The van der Waals surface area contributed by atoms with Crippen LogP contribution in [0.3, 0.4) is 0 Å². The number of rotatable bonds is 5. The van der Waals surface area contributed by atoms with Crippen LogP contribution in [0.2, 0.25) is 0 Å². The molecule has 19 heavy (non-hydrogen) atoms. The summed E-state index contributed by atoms with van der Waals surface area (Å²) in [6.07, 6.45) is 4.17. The second kappa shape index (κ2) is 6.29. The molecule has 0 aliphatic rings. The van der Waals surface area contributed by atoms with Gasteiger partial charge in [0.2, 0.25) is 0 Å². The van der Waals surface area contributed by atoms with E-state index in [-0.39, 0.29) is 6.04 Å². The number of aryl methyl sites for hydroxylation is 1. The first-order valence-corrected chi connectivity index (χ1v) is 6.31. The molecule has 1 heterocycles. The van der Waals surface area contributed by atoms with Crippen molar-refractivity contribution < 1.29 is 4.74 Å². The average Bonchev–Trinajstić information content (AvgIpc) is 2.46. The largest absolute Gasteiger partial charge is 0.496 e. The number of benzene rings is 1. The number of hydrogen-bond donors (Lipinski definition) is 1. The van der Waals surface area contributed by atoms with Gasteiger partial charge >= 0.3 is 0 Å². The lowest BCUT2D eigenvalue weighted by Crippen LogP contribution is -2.20. The highest BCUT2D eigenvalue weighted by atomic mass is 16.5. The molecule has 1 aromatic carbocycles. The van der Waals surface area contributed by atoms with Crippen molar-refractivity contribution in [2.75, 3.05) is 14.2 Å². The van der Waals surface area contributed by atoms with E-state index in [0.717, 1.165) is 17.9 Å². The summed E-state index contributed by atoms with van der Waals surface area (Å²) in [5, 5.41) is 3.29. The minimum atomic E-state index is 0.152. The van der Waals surface area contributed by atoms with Crippen LogP contribution in [-0.4, -0.2) is 24.1 Å². The first-order chi connectivity index (χ1) is 9.24. The third-order valence-corrected chi connectivity index (χ3v) is 3.17. The van der Waals surface area contributed by atoms with Gasteiger partial charge in [-0.2, -0.15) is 0 Å². The molecule has 1 N–H and O–H groups in total. The molecule has 100 valence electrons. The minimum Gasteiger partial charge on any atom is -0.496 e. The van der Waals surface area contributed by atoms with Crippen LogP contribution in [0, 0.1) is 6.92 Å². The second-order valence-corrected chi connectivity index (χ2v) is 4.49. The molecule has 2 rings (SSSR count). The van der Waals surface area contributed by atoms with Crippen LogP contribution in [0.25, 0.3) is 0 Å². The van der Waals surface area contributed by atoms with E-state index in [1.165, 1.54) is 11.1 Å². The maximum Gasteiger partial charge on any atom is 0.122 e. The van der Waals surface area contributed by atoms with E-state index in [1.54, 1.807) is 19.6 Å². The lowest BCUT2D eigenvalue weighted by atomic mass is 10.0. The summed E-state index contributed by atoms with van der Waals surface area (Å²) in [7, 11) is 3.64. The third-order valence-electron chi connectivity index (χ3n) is 3.17. The van der Waals surface area contributed by atoms with Gasteiger partial charge in [-0.1, -0.05) is 17.7 Å². The van der Waals surface area contributed by atoms with Gasteiger partial charge in [0, 0.05) is 6.20 Å². The molecule has 0 aliphatic carbocycles. The molecule has 0 fully saturated rings. The SMILES string of the molecule is CNC(Cc1cc(C)ccc1OC)c1ccncn1. The highest BCUT2D eigenvalue weighted by Crippen LogP contribution is 2.25. The van der Waals surface area contributed by atoms with E-state index >= 15 is 0 Å². The number of methoxy groups -OCH3 is 1. The van der Waals surface area contributed by atoms with Gasteiger partial charge < -0.3 is 10.1 Å². The molecule has 1 unspecified atom stereocenters. The second-order valence-electron chi connectivity index (χ2n) is 4.49. The molecule has 0 spiro atoms. The molecule has 1 aromatic heterocycles. The minimum absolute atomic E-state index is 0.152. The van der Waals surface area contributed by atoms with Crippen molar-refractivity contribution in [1.82, 2.24) is 15.3 Å². The summed E-state index contributed by atoms with van der Waals surface area (Å²) in [5.41, 5.74) is 3.40. The number of likely N-dealkylation sites (N-methyl/N-ethyl adjacent to an activating group) is 1. The van der Waals surface area contributed by atoms with Crippen LogP contribution >= 0.6 is 0 Å². The Morgan fingerprint density at radius 2 is 2.16 bits per heavy atom. The van der Waals surface area contributed by atoms with Crippen molar-refractivity contribution in [3.05, 3.63) is 53.6 Å². The van der Waals surface area contributed by atoms with Gasteiger partial charge in [0.25, 0.3) is 0 Å². The van der Waals surface area contributed by atoms with E-state index in [4.69, 9.17) is 4.74 Å². The zero-order valence-corrected chi connectivity index (χ0v) is 11.6. The van der Waals surface area contributed by atoms with Crippen LogP contribution in [-0.2, 0) is 6.42 Å². The van der Waals surface area contributed by atoms with Gasteiger partial charge in [-0.25, -0.2) is 9.97 Å². The molecule has 2 aromatic rings. The fourth-order valence-corrected chi connectivity index (χ4v) is 2.15. The Morgan fingerprint density at radius 3 is 2.79 bits per heavy atom. The van der Waals surface area contributed by atoms with Crippen molar-refractivity contribution in [2.45, 2.75) is 19.4 Å². The highest BCUT2D eigenvalue weighted by molar-refractivity contribution is 5.37. The molecular formula is C15H19N3O. The van der Waals surface area contributed by atoms with Crippen LogP contribution in [0.15, 0.2) is 36.8 Å². The molecule has 4 heteroatoms. The first-order valence-electron chi connectivity index (χ1n) is 6.31. The Hall–Kier alpha value is -1.94. The molecule has 0 aliphatic heterocycles. The summed E-state index contributed by atoms with van der Waals surface area (Å²) in [4.78, 5) is 8.26. The Labute approximate surface area is 113 Å². The number of nitrogens with one attached hydrogen (secondary N) is 1. The molecule has 0 bridgehead atoms. The third kappa shape index (κ3) is 3.29. The lowest BCUT2D eigenvalue weighted by molar-refractivity contribution is 0.406. The van der Waals surface area contributed by atoms with Crippen molar-refractivity contribution in [3.8, 4) is 5.75 Å². The predicted molar refractivity (Wildman–Crippen MR) is 75.3 cm³/mol. The number of aromatic nitrogens is 2. The first kappa shape index (κ1) is 13.5. The zero-order valence-electron chi connectivity index (χ0n) is 11.6. The van der Waals surface area contributed by atoms with E-state index < -0.39 is 0 Å². The van der Waals surface area contributed by atoms with Crippen LogP contribution in [0.5, 0.6) is 5.75 Å². The van der Waals surface area contributed by atoms with E-state index in [0.29, 0.717) is 0 Å². The topological polar surface area (TPSA) is 47.0 Å². The molecular weight excluding hydrogens is 238 g/mol. The predicted octanol–water partition coefficient (Wildman–Crippen LogP) is 2.30. The molecule has 0 saturated heterocycles. The Kier molecular flexibility index (Phi) is 4.47. The Balaban J connectivity index is 2.26. The summed E-state index contributed by atoms with van der Waals surface area (Å²) >= 11 is 0. The van der Waals surface area contributed by atoms with Crippen LogP contribution < -0.4 is 10.1 Å². The van der Waals surface area contributed by atoms with Crippen LogP contribution in [0.1, 0.15) is 22.9 Å². The van der Waals surface area contributed by atoms with E-state index in [2.05, 4.69) is 34.3 Å². The van der Waals surface area contributed by atoms with Crippen molar-refractivity contribution in [2.24, 2.45) is 0 Å². The molecule has 0 saturated carbocycles. The van der Waals surface area contributed by atoms with E-state index in [9.17, 15) is 0 Å². The van der Waals surface area contributed by atoms with Crippen molar-refractivity contribution >= 4 is 0 Å². The molecule has 0 amide bonds. The summed E-state index contributed by atoms with van der Waals surface area (Å²) in [5.74, 6) is 0.917. The summed E-state index contributed by atoms with van der Waals surface area (Å²) in [6.45, 7) is 2.09. The van der Waals surface area contributed by atoms with Gasteiger partial charge in [0.05, 0.1) is 18.8 Å². The zero-order chi connectivity index (χ0) is 13.7. The molecule has 0 radical (unpaired) electrons. The van der Waals surface area contributed by atoms with Gasteiger partial charge in [-0.3, -0.25) is 0 Å². The number of nitrogens with zero attached hydrogens (tertiary/aromatic N) is 2. The van der Waals surface area contributed by atoms with Crippen molar-refractivity contribution in [1.29, 1.82) is 0 Å². The smallest absolute Gasteiger partial charge is 0.122 e. The van der Waals surface area contributed by atoms with Gasteiger partial charge in [-0.05, 0) is 38.1 Å². The monoisotopic (exact) mass is 257 g/mol. The Morgan fingerprint density at radius 1 is 1.32 bits per heavy atom. The fraction of sp³-hybridized carbons (Fsp3) is 0.333. The summed E-state index contributed by atoms with van der Waals surface area (Å²) < 4.78 is 5.42. The fourth-order valence-electron chi connectivity index (χ4n) is 2.15. The lowest BCUT2D eigenvalue weighted by Gasteiger charge is -2.17. The van der Waals surface area contributed by atoms with E-state index in [1.807, 2.05) is 19.2 Å². The van der Waals surface area contributed by atoms with Gasteiger partial charge in [0.15, 0.2) is 0 Å². The molecule has 4 nitrogen and oxygen atoms in total. The normalized spacial score (nSPS) is 12.2. The summed E-state index contributed by atoms with van der Waals surface area (Å²) in [6, 6.07) is 8.31. The van der Waals surface area contributed by atoms with Crippen LogP contribution in [0.4, 0.5) is 0 Å². The number of hydrogen-bond acceptors (Lipinski definition) is 4.